The summed E-state index contributed by atoms with van der Waals surface area (Å²) in [6.45, 7) is 4.68. The Morgan fingerprint density at radius 1 is 1.22 bits per heavy atom. The molecule has 1 aromatic heterocycles. The van der Waals surface area contributed by atoms with Gasteiger partial charge in [0.15, 0.2) is 0 Å². The van der Waals surface area contributed by atoms with Crippen molar-refractivity contribution < 1.29 is 19.0 Å². The van der Waals surface area contributed by atoms with Gasteiger partial charge in [0.25, 0.3) is 0 Å². The lowest BCUT2D eigenvalue weighted by atomic mass is 10.1. The quantitative estimate of drug-likeness (QED) is 0.833. The molecule has 0 aliphatic carbocycles. The molecule has 0 spiro atoms. The Morgan fingerprint density at radius 3 is 2.70 bits per heavy atom. The standard InChI is InChI=1S/C19H21FN4O3/c1-13-12-27-17-10-15(25)3-4-16(17)24(13)19(26)23-8-6-22(7-9-23)18-5-2-14(20)11-21-18/h2-5,10-11,13,25H,6-9,12H2,1H3. The summed E-state index contributed by atoms with van der Waals surface area (Å²) < 4.78 is 18.7. The first kappa shape index (κ1) is 17.4. The van der Waals surface area contributed by atoms with Crippen LogP contribution in [-0.2, 0) is 0 Å². The van der Waals surface area contributed by atoms with E-state index in [0.717, 1.165) is 0 Å². The van der Waals surface area contributed by atoms with E-state index < -0.39 is 0 Å². The number of halogens is 1. The van der Waals surface area contributed by atoms with Gasteiger partial charge in [-0.15, -0.1) is 0 Å². The molecule has 142 valence electrons. The van der Waals surface area contributed by atoms with Crippen molar-refractivity contribution in [2.75, 3.05) is 42.6 Å². The van der Waals surface area contributed by atoms with Crippen molar-refractivity contribution in [3.05, 3.63) is 42.3 Å². The van der Waals surface area contributed by atoms with Crippen LogP contribution in [0.1, 0.15) is 6.92 Å². The number of ether oxygens (including phenoxy) is 1. The number of fused-ring (bicyclic) bond motifs is 1. The highest BCUT2D eigenvalue weighted by Crippen LogP contribution is 2.37. The molecule has 27 heavy (non-hydrogen) atoms. The molecule has 7 nitrogen and oxygen atoms in total. The number of pyridine rings is 1. The van der Waals surface area contributed by atoms with E-state index in [-0.39, 0.29) is 23.6 Å². The van der Waals surface area contributed by atoms with Gasteiger partial charge in [0.1, 0.15) is 29.7 Å². The average Bonchev–Trinajstić information content (AvgIpc) is 2.68. The molecule has 4 rings (SSSR count). The molecule has 1 fully saturated rings. The third-order valence-electron chi connectivity index (χ3n) is 4.92. The highest BCUT2D eigenvalue weighted by molar-refractivity contribution is 5.95. The Balaban J connectivity index is 1.47. The van der Waals surface area contributed by atoms with Gasteiger partial charge in [0.2, 0.25) is 0 Å². The van der Waals surface area contributed by atoms with Crippen LogP contribution in [0.2, 0.25) is 0 Å². The Bertz CT molecular complexity index is 837. The monoisotopic (exact) mass is 372 g/mol. The zero-order valence-corrected chi connectivity index (χ0v) is 15.0. The molecule has 3 heterocycles. The predicted molar refractivity (Wildman–Crippen MR) is 98.9 cm³/mol. The summed E-state index contributed by atoms with van der Waals surface area (Å²) in [5.74, 6) is 0.967. The maximum Gasteiger partial charge on any atom is 0.325 e. The Hall–Kier alpha value is -3.03. The van der Waals surface area contributed by atoms with E-state index in [1.54, 1.807) is 28.0 Å². The molecule has 2 amide bonds. The second-order valence-corrected chi connectivity index (χ2v) is 6.77. The molecule has 2 aliphatic heterocycles. The van der Waals surface area contributed by atoms with Gasteiger partial charge in [-0.3, -0.25) is 4.90 Å². The van der Waals surface area contributed by atoms with E-state index >= 15 is 0 Å². The molecular formula is C19H21FN4O3. The molecule has 0 bridgehead atoms. The summed E-state index contributed by atoms with van der Waals surface area (Å²) in [5.41, 5.74) is 0.666. The summed E-state index contributed by atoms with van der Waals surface area (Å²) in [7, 11) is 0. The summed E-state index contributed by atoms with van der Waals surface area (Å²) in [6, 6.07) is 7.65. The first-order valence-corrected chi connectivity index (χ1v) is 8.93. The maximum atomic E-state index is 13.1. The number of amides is 2. The molecule has 8 heteroatoms. The van der Waals surface area contributed by atoms with Crippen LogP contribution >= 0.6 is 0 Å². The van der Waals surface area contributed by atoms with Crippen LogP contribution in [0.3, 0.4) is 0 Å². The van der Waals surface area contributed by atoms with Gasteiger partial charge >= 0.3 is 6.03 Å². The number of rotatable bonds is 1. The van der Waals surface area contributed by atoms with Crippen molar-refractivity contribution in [3.8, 4) is 11.5 Å². The van der Waals surface area contributed by atoms with Crippen molar-refractivity contribution in [2.24, 2.45) is 0 Å². The van der Waals surface area contributed by atoms with Gasteiger partial charge in [0.05, 0.1) is 17.9 Å². The van der Waals surface area contributed by atoms with Crippen LogP contribution in [0, 0.1) is 5.82 Å². The van der Waals surface area contributed by atoms with Crippen molar-refractivity contribution in [3.63, 3.8) is 0 Å². The Labute approximate surface area is 156 Å². The van der Waals surface area contributed by atoms with Gasteiger partial charge in [-0.2, -0.15) is 0 Å². The van der Waals surface area contributed by atoms with E-state index in [1.807, 2.05) is 11.8 Å². The summed E-state index contributed by atoms with van der Waals surface area (Å²) >= 11 is 0. The number of phenolic OH excluding ortho intramolecular Hbond substituents is 1. The topological polar surface area (TPSA) is 69.1 Å². The maximum absolute atomic E-state index is 13.1. The number of hydrogen-bond donors (Lipinski definition) is 1. The van der Waals surface area contributed by atoms with Crippen molar-refractivity contribution in [2.45, 2.75) is 13.0 Å². The van der Waals surface area contributed by atoms with E-state index in [1.165, 1.54) is 18.3 Å². The molecule has 1 aromatic carbocycles. The molecule has 1 unspecified atom stereocenters. The predicted octanol–water partition coefficient (Wildman–Crippen LogP) is 2.46. The Kier molecular flexibility index (Phi) is 4.47. The smallest absolute Gasteiger partial charge is 0.325 e. The summed E-state index contributed by atoms with van der Waals surface area (Å²) in [4.78, 5) is 22.8. The van der Waals surface area contributed by atoms with E-state index in [4.69, 9.17) is 4.74 Å². The highest BCUT2D eigenvalue weighted by atomic mass is 19.1. The second-order valence-electron chi connectivity index (χ2n) is 6.77. The molecule has 1 N–H and O–H groups in total. The van der Waals surface area contributed by atoms with Crippen LogP contribution in [0.25, 0.3) is 0 Å². The van der Waals surface area contributed by atoms with E-state index in [2.05, 4.69) is 4.98 Å². The van der Waals surface area contributed by atoms with Crippen molar-refractivity contribution >= 4 is 17.5 Å². The zero-order valence-electron chi connectivity index (χ0n) is 15.0. The van der Waals surface area contributed by atoms with Gasteiger partial charge in [-0.05, 0) is 31.2 Å². The van der Waals surface area contributed by atoms with Crippen LogP contribution in [0.5, 0.6) is 11.5 Å². The second kappa shape index (κ2) is 6.94. The molecule has 1 atom stereocenters. The number of aromatic nitrogens is 1. The first-order chi connectivity index (χ1) is 13.0. The fourth-order valence-corrected chi connectivity index (χ4v) is 3.47. The van der Waals surface area contributed by atoms with E-state index in [9.17, 15) is 14.3 Å². The number of aromatic hydroxyl groups is 1. The van der Waals surface area contributed by atoms with Crippen LogP contribution < -0.4 is 14.5 Å². The van der Waals surface area contributed by atoms with Gasteiger partial charge in [0, 0.05) is 32.2 Å². The minimum Gasteiger partial charge on any atom is -0.508 e. The first-order valence-electron chi connectivity index (χ1n) is 8.93. The van der Waals surface area contributed by atoms with Crippen LogP contribution in [-0.4, -0.2) is 59.8 Å². The molecular weight excluding hydrogens is 351 g/mol. The highest BCUT2D eigenvalue weighted by Gasteiger charge is 2.34. The lowest BCUT2D eigenvalue weighted by molar-refractivity contribution is 0.190. The average molecular weight is 372 g/mol. The Morgan fingerprint density at radius 2 is 2.00 bits per heavy atom. The number of urea groups is 1. The number of hydrogen-bond acceptors (Lipinski definition) is 5. The number of piperazine rings is 1. The van der Waals surface area contributed by atoms with Gasteiger partial charge in [-0.25, -0.2) is 14.2 Å². The van der Waals surface area contributed by atoms with Crippen LogP contribution in [0.4, 0.5) is 20.7 Å². The number of benzene rings is 1. The molecule has 2 aliphatic rings. The SMILES string of the molecule is CC1COc2cc(O)ccc2N1C(=O)N1CCN(c2ccc(F)cn2)CC1. The third-order valence-corrected chi connectivity index (χ3v) is 4.92. The number of carbonyl (C=O) groups excluding carboxylic acids is 1. The third kappa shape index (κ3) is 3.34. The van der Waals surface area contributed by atoms with E-state index in [0.29, 0.717) is 50.0 Å². The molecule has 2 aromatic rings. The molecule has 0 radical (unpaired) electrons. The summed E-state index contributed by atoms with van der Waals surface area (Å²) in [6.07, 6.45) is 1.20. The number of carbonyl (C=O) groups is 1. The number of anilines is 2. The lowest BCUT2D eigenvalue weighted by Crippen LogP contribution is -2.56. The van der Waals surface area contributed by atoms with Crippen molar-refractivity contribution in [1.82, 2.24) is 9.88 Å². The van der Waals surface area contributed by atoms with Gasteiger partial charge in [-0.1, -0.05) is 0 Å². The van der Waals surface area contributed by atoms with Crippen LogP contribution in [0.15, 0.2) is 36.5 Å². The zero-order chi connectivity index (χ0) is 19.0. The van der Waals surface area contributed by atoms with Gasteiger partial charge < -0.3 is 19.6 Å². The number of nitrogens with zero attached hydrogens (tertiary/aromatic N) is 4. The minimum atomic E-state index is -0.362. The minimum absolute atomic E-state index is 0.0792. The fourth-order valence-electron chi connectivity index (χ4n) is 3.47. The normalized spacial score (nSPS) is 19.5. The lowest BCUT2D eigenvalue weighted by Gasteiger charge is -2.41. The largest absolute Gasteiger partial charge is 0.508 e. The fraction of sp³-hybridized carbons (Fsp3) is 0.368. The molecule has 0 saturated carbocycles. The molecule has 1 saturated heterocycles. The summed E-state index contributed by atoms with van der Waals surface area (Å²) in [5, 5.41) is 9.65. The number of phenols is 1. The van der Waals surface area contributed by atoms with Crippen molar-refractivity contribution in [1.29, 1.82) is 0 Å².